The number of carbonyl (C=O) groups is 1. The van der Waals surface area contributed by atoms with Crippen molar-refractivity contribution in [2.45, 2.75) is 0 Å². The summed E-state index contributed by atoms with van der Waals surface area (Å²) in [5, 5.41) is 14.9. The highest BCUT2D eigenvalue weighted by Crippen LogP contribution is 2.30. The Kier molecular flexibility index (Phi) is 5.58. The Hall–Kier alpha value is -3.94. The number of nitro groups is 1. The van der Waals surface area contributed by atoms with Crippen molar-refractivity contribution in [3.63, 3.8) is 0 Å². The highest BCUT2D eigenvalue weighted by atomic mass is 16.6. The Labute approximate surface area is 154 Å². The predicted octanol–water partition coefficient (Wildman–Crippen LogP) is 3.38. The molecule has 0 aliphatic carbocycles. The first-order chi connectivity index (χ1) is 13.1. The molecule has 27 heavy (non-hydrogen) atoms. The van der Waals surface area contributed by atoms with E-state index >= 15 is 0 Å². The topological polar surface area (TPSA) is 107 Å². The van der Waals surface area contributed by atoms with E-state index in [-0.39, 0.29) is 12.3 Å². The number of amides is 1. The minimum Gasteiger partial charge on any atom is -0.484 e. The Morgan fingerprint density at radius 3 is 2.63 bits per heavy atom. The highest BCUT2D eigenvalue weighted by molar-refractivity contribution is 5.82. The van der Waals surface area contributed by atoms with Crippen LogP contribution in [0.5, 0.6) is 5.75 Å². The van der Waals surface area contributed by atoms with E-state index in [2.05, 4.69) is 10.5 Å². The fourth-order valence-electron chi connectivity index (χ4n) is 2.27. The third-order valence-electron chi connectivity index (χ3n) is 3.49. The molecule has 0 aliphatic heterocycles. The number of hydrazone groups is 1. The fourth-order valence-corrected chi connectivity index (χ4v) is 2.27. The highest BCUT2D eigenvalue weighted by Gasteiger charge is 2.16. The summed E-state index contributed by atoms with van der Waals surface area (Å²) >= 11 is 0. The third-order valence-corrected chi connectivity index (χ3v) is 3.49. The van der Waals surface area contributed by atoms with Crippen molar-refractivity contribution in [1.82, 2.24) is 5.43 Å². The maximum absolute atomic E-state index is 11.7. The standard InChI is InChI=1S/C19H15N3O5/c23-19(13-26-14-6-2-1-3-7-14)21-20-12-15-10-11-18(27-15)16-8-4-5-9-17(16)22(24)25/h1-12H,13H2,(H,21,23)/b20-12+. The van der Waals surface area contributed by atoms with Gasteiger partial charge in [0.05, 0.1) is 16.7 Å². The molecule has 2 aromatic carbocycles. The lowest BCUT2D eigenvalue weighted by atomic mass is 10.1. The average molecular weight is 365 g/mol. The first-order valence-corrected chi connectivity index (χ1v) is 7.97. The third kappa shape index (κ3) is 4.79. The zero-order valence-electron chi connectivity index (χ0n) is 14.1. The van der Waals surface area contributed by atoms with E-state index in [1.54, 1.807) is 54.6 Å². The molecule has 1 amide bonds. The number of hydrogen-bond acceptors (Lipinski definition) is 6. The van der Waals surface area contributed by atoms with Crippen molar-refractivity contribution in [3.8, 4) is 17.1 Å². The van der Waals surface area contributed by atoms with E-state index in [9.17, 15) is 14.9 Å². The summed E-state index contributed by atoms with van der Waals surface area (Å²) in [6.45, 7) is -0.180. The molecule has 0 spiro atoms. The van der Waals surface area contributed by atoms with Crippen molar-refractivity contribution in [2.24, 2.45) is 5.10 Å². The van der Waals surface area contributed by atoms with Gasteiger partial charge in [0.25, 0.3) is 11.6 Å². The zero-order chi connectivity index (χ0) is 19.1. The molecule has 3 aromatic rings. The van der Waals surface area contributed by atoms with Crippen LogP contribution in [-0.2, 0) is 4.79 Å². The molecule has 1 N–H and O–H groups in total. The first-order valence-electron chi connectivity index (χ1n) is 7.97. The van der Waals surface area contributed by atoms with Gasteiger partial charge in [-0.1, -0.05) is 30.3 Å². The molecule has 136 valence electrons. The monoisotopic (exact) mass is 365 g/mol. The van der Waals surface area contributed by atoms with Gasteiger partial charge in [-0.15, -0.1) is 0 Å². The second-order valence-electron chi connectivity index (χ2n) is 5.37. The number of para-hydroxylation sites is 2. The molecule has 0 radical (unpaired) electrons. The van der Waals surface area contributed by atoms with Crippen molar-refractivity contribution in [3.05, 3.63) is 82.6 Å². The lowest BCUT2D eigenvalue weighted by Crippen LogP contribution is -2.24. The largest absolute Gasteiger partial charge is 0.484 e. The number of carbonyl (C=O) groups excluding carboxylic acids is 1. The summed E-state index contributed by atoms with van der Waals surface area (Å²) in [6.07, 6.45) is 1.30. The summed E-state index contributed by atoms with van der Waals surface area (Å²) < 4.78 is 10.8. The smallest absolute Gasteiger partial charge is 0.280 e. The van der Waals surface area contributed by atoms with Crippen LogP contribution in [-0.4, -0.2) is 23.7 Å². The summed E-state index contributed by atoms with van der Waals surface area (Å²) in [5.41, 5.74) is 2.63. The fraction of sp³-hybridized carbons (Fsp3) is 0.0526. The van der Waals surface area contributed by atoms with Gasteiger partial charge in [-0.25, -0.2) is 5.43 Å². The number of nitrogens with zero attached hydrogens (tertiary/aromatic N) is 2. The molecule has 0 aliphatic rings. The summed E-state index contributed by atoms with van der Waals surface area (Å²) in [7, 11) is 0. The zero-order valence-corrected chi connectivity index (χ0v) is 14.1. The molecule has 0 fully saturated rings. The molecule has 3 rings (SSSR count). The van der Waals surface area contributed by atoms with E-state index in [4.69, 9.17) is 9.15 Å². The second-order valence-corrected chi connectivity index (χ2v) is 5.37. The minimum absolute atomic E-state index is 0.0540. The number of furan rings is 1. The number of nitro benzene ring substituents is 1. The maximum atomic E-state index is 11.7. The van der Waals surface area contributed by atoms with Crippen molar-refractivity contribution >= 4 is 17.8 Å². The lowest BCUT2D eigenvalue weighted by molar-refractivity contribution is -0.384. The van der Waals surface area contributed by atoms with Gasteiger partial charge >= 0.3 is 0 Å². The van der Waals surface area contributed by atoms with Crippen molar-refractivity contribution in [2.75, 3.05) is 6.61 Å². The van der Waals surface area contributed by atoms with Crippen LogP contribution in [0.25, 0.3) is 11.3 Å². The Morgan fingerprint density at radius 2 is 1.85 bits per heavy atom. The molecule has 0 saturated carbocycles. The van der Waals surface area contributed by atoms with Gasteiger partial charge in [-0.3, -0.25) is 14.9 Å². The molecule has 0 unspecified atom stereocenters. The second kappa shape index (κ2) is 8.43. The van der Waals surface area contributed by atoms with Crippen LogP contribution in [0.4, 0.5) is 5.69 Å². The molecule has 0 bridgehead atoms. The van der Waals surface area contributed by atoms with Gasteiger partial charge < -0.3 is 9.15 Å². The Bertz CT molecular complexity index is 966. The lowest BCUT2D eigenvalue weighted by Gasteiger charge is -2.03. The molecular formula is C19H15N3O5. The van der Waals surface area contributed by atoms with Crippen LogP contribution < -0.4 is 10.2 Å². The number of ether oxygens (including phenoxy) is 1. The van der Waals surface area contributed by atoms with E-state index in [1.165, 1.54) is 12.3 Å². The Balaban J connectivity index is 1.58. The molecule has 1 heterocycles. The number of benzene rings is 2. The average Bonchev–Trinajstić information content (AvgIpc) is 3.16. The molecule has 8 heteroatoms. The van der Waals surface area contributed by atoms with Crippen LogP contribution in [0.2, 0.25) is 0 Å². The summed E-state index contributed by atoms with van der Waals surface area (Å²) in [6, 6.07) is 18.4. The van der Waals surface area contributed by atoms with E-state index in [0.717, 1.165) is 0 Å². The predicted molar refractivity (Wildman–Crippen MR) is 98.5 cm³/mol. The quantitative estimate of drug-likeness (QED) is 0.392. The molecule has 0 saturated heterocycles. The number of hydrogen-bond donors (Lipinski definition) is 1. The van der Waals surface area contributed by atoms with Gasteiger partial charge in [0.1, 0.15) is 17.3 Å². The SMILES string of the molecule is O=C(COc1ccccc1)N/N=C/c1ccc(-c2ccccc2[N+](=O)[O-])o1. The van der Waals surface area contributed by atoms with Crippen LogP contribution in [0.15, 0.2) is 76.2 Å². The van der Waals surface area contributed by atoms with Gasteiger partial charge in [0.15, 0.2) is 6.61 Å². The Morgan fingerprint density at radius 1 is 1.11 bits per heavy atom. The van der Waals surface area contributed by atoms with Gasteiger partial charge in [-0.05, 0) is 30.3 Å². The normalized spacial score (nSPS) is 10.7. The van der Waals surface area contributed by atoms with E-state index < -0.39 is 10.8 Å². The molecule has 8 nitrogen and oxygen atoms in total. The van der Waals surface area contributed by atoms with Crippen molar-refractivity contribution < 1.29 is 18.9 Å². The van der Waals surface area contributed by atoms with E-state index in [1.807, 2.05) is 6.07 Å². The number of nitrogens with one attached hydrogen (secondary N) is 1. The van der Waals surface area contributed by atoms with Gasteiger partial charge in [-0.2, -0.15) is 5.10 Å². The molecule has 0 atom stereocenters. The van der Waals surface area contributed by atoms with Crippen LogP contribution >= 0.6 is 0 Å². The maximum Gasteiger partial charge on any atom is 0.280 e. The first kappa shape index (κ1) is 17.9. The minimum atomic E-state index is -0.474. The van der Waals surface area contributed by atoms with Crippen molar-refractivity contribution in [1.29, 1.82) is 0 Å². The van der Waals surface area contributed by atoms with E-state index in [0.29, 0.717) is 22.8 Å². The van der Waals surface area contributed by atoms with Crippen LogP contribution in [0, 0.1) is 10.1 Å². The summed E-state index contributed by atoms with van der Waals surface area (Å²) in [5.74, 6) is 0.826. The molecular weight excluding hydrogens is 350 g/mol. The van der Waals surface area contributed by atoms with Gasteiger partial charge in [0, 0.05) is 6.07 Å². The van der Waals surface area contributed by atoms with Crippen LogP contribution in [0.1, 0.15) is 5.76 Å². The van der Waals surface area contributed by atoms with Gasteiger partial charge in [0.2, 0.25) is 0 Å². The van der Waals surface area contributed by atoms with Crippen LogP contribution in [0.3, 0.4) is 0 Å². The molecule has 1 aromatic heterocycles. The number of rotatable bonds is 7. The summed E-state index contributed by atoms with van der Waals surface area (Å²) in [4.78, 5) is 22.3.